The molecule has 0 atom stereocenters. The summed E-state index contributed by atoms with van der Waals surface area (Å²) >= 11 is 6.09. The number of piperidine rings is 1. The average Bonchev–Trinajstić information content (AvgIpc) is 3.15. The number of carbonyl (C=O) groups excluding carboxylic acids is 1. The Morgan fingerprint density at radius 1 is 1.33 bits per heavy atom. The minimum Gasteiger partial charge on any atom is -0.353 e. The van der Waals surface area contributed by atoms with Gasteiger partial charge < -0.3 is 10.6 Å². The van der Waals surface area contributed by atoms with Gasteiger partial charge >= 0.3 is 0 Å². The number of nitrogens with one attached hydrogen (secondary N) is 2. The third-order valence-corrected chi connectivity index (χ3v) is 5.33. The summed E-state index contributed by atoms with van der Waals surface area (Å²) in [5.41, 5.74) is 0.514. The highest BCUT2D eigenvalue weighted by Crippen LogP contribution is 2.28. The molecule has 1 aliphatic heterocycles. The zero-order valence-corrected chi connectivity index (χ0v) is 17.4. The van der Waals surface area contributed by atoms with Crippen LogP contribution in [-0.4, -0.2) is 35.3 Å². The number of hydrogen-bond acceptors (Lipinski definition) is 3. The lowest BCUT2D eigenvalue weighted by molar-refractivity contribution is -0.132. The van der Waals surface area contributed by atoms with Crippen molar-refractivity contribution in [3.63, 3.8) is 0 Å². The fourth-order valence-corrected chi connectivity index (χ4v) is 3.88. The summed E-state index contributed by atoms with van der Waals surface area (Å²) in [6.45, 7) is 6.57. The van der Waals surface area contributed by atoms with Crippen LogP contribution in [0.2, 0.25) is 5.02 Å². The molecule has 0 aliphatic carbocycles. The predicted molar refractivity (Wildman–Crippen MR) is 111 cm³/mol. The Bertz CT molecular complexity index is 740. The van der Waals surface area contributed by atoms with Crippen LogP contribution in [0, 0.1) is 5.41 Å². The molecule has 1 aliphatic rings. The number of amides is 1. The molecule has 1 saturated heterocycles. The van der Waals surface area contributed by atoms with Gasteiger partial charge in [-0.05, 0) is 61.5 Å². The van der Waals surface area contributed by atoms with Gasteiger partial charge in [0.05, 0.1) is 0 Å². The van der Waals surface area contributed by atoms with Crippen molar-refractivity contribution in [1.82, 2.24) is 20.4 Å². The minimum atomic E-state index is -0.596. The Morgan fingerprint density at radius 3 is 2.70 bits per heavy atom. The van der Waals surface area contributed by atoms with Crippen LogP contribution in [0.5, 0.6) is 0 Å². The van der Waals surface area contributed by atoms with Crippen molar-refractivity contribution in [2.45, 2.75) is 38.6 Å². The second-order valence-electron chi connectivity index (χ2n) is 7.89. The zero-order valence-electron chi connectivity index (χ0n) is 15.9. The molecule has 7 heteroatoms. The Balaban J connectivity index is 0.00000261. The first kappa shape index (κ1) is 21.7. The summed E-state index contributed by atoms with van der Waals surface area (Å²) in [4.78, 5) is 13.2. The van der Waals surface area contributed by atoms with Crippen LogP contribution < -0.4 is 10.6 Å². The molecule has 0 bridgehead atoms. The molecule has 0 radical (unpaired) electrons. The standard InChI is InChI=1S/C20H27ClN4O.ClH/c1-19(2,14-16-5-3-6-17(21)13-16)15-23-18(26)20(7-10-22-11-8-20)25-12-4-9-24-25;/h3-6,9,12-13,22H,7-8,10-11,14-15H2,1-2H3,(H,23,26);1H. The van der Waals surface area contributed by atoms with Gasteiger partial charge in [0.1, 0.15) is 5.54 Å². The molecule has 1 aromatic heterocycles. The van der Waals surface area contributed by atoms with Gasteiger partial charge in [0.2, 0.25) is 5.91 Å². The largest absolute Gasteiger partial charge is 0.353 e. The Kier molecular flexibility index (Phi) is 7.32. The first-order valence-corrected chi connectivity index (χ1v) is 9.53. The third-order valence-electron chi connectivity index (χ3n) is 5.10. The van der Waals surface area contributed by atoms with E-state index in [-0.39, 0.29) is 23.7 Å². The van der Waals surface area contributed by atoms with E-state index in [4.69, 9.17) is 11.6 Å². The number of carbonyl (C=O) groups is 1. The monoisotopic (exact) mass is 410 g/mol. The maximum Gasteiger partial charge on any atom is 0.248 e. The molecule has 0 unspecified atom stereocenters. The van der Waals surface area contributed by atoms with Gasteiger partial charge in [0, 0.05) is 24.0 Å². The lowest BCUT2D eigenvalue weighted by Gasteiger charge is -2.37. The summed E-state index contributed by atoms with van der Waals surface area (Å²) in [6.07, 6.45) is 5.97. The van der Waals surface area contributed by atoms with Crippen LogP contribution in [0.4, 0.5) is 0 Å². The molecule has 148 valence electrons. The van der Waals surface area contributed by atoms with E-state index < -0.39 is 5.54 Å². The fraction of sp³-hybridized carbons (Fsp3) is 0.500. The molecule has 27 heavy (non-hydrogen) atoms. The number of hydrogen-bond donors (Lipinski definition) is 2. The summed E-state index contributed by atoms with van der Waals surface area (Å²) in [5, 5.41) is 11.6. The van der Waals surface area contributed by atoms with Crippen LogP contribution in [-0.2, 0) is 16.8 Å². The molecule has 1 fully saturated rings. The van der Waals surface area contributed by atoms with Crippen molar-refractivity contribution in [2.75, 3.05) is 19.6 Å². The van der Waals surface area contributed by atoms with Crippen LogP contribution in [0.15, 0.2) is 42.7 Å². The van der Waals surface area contributed by atoms with Crippen LogP contribution in [0.3, 0.4) is 0 Å². The van der Waals surface area contributed by atoms with Gasteiger partial charge in [0.25, 0.3) is 0 Å². The molecule has 2 heterocycles. The van der Waals surface area contributed by atoms with Crippen molar-refractivity contribution in [1.29, 1.82) is 0 Å². The van der Waals surface area contributed by atoms with Crippen molar-refractivity contribution in [3.8, 4) is 0 Å². The normalized spacial score (nSPS) is 16.4. The van der Waals surface area contributed by atoms with Gasteiger partial charge in [0.15, 0.2) is 0 Å². The number of nitrogens with zero attached hydrogens (tertiary/aromatic N) is 2. The van der Waals surface area contributed by atoms with Gasteiger partial charge in [-0.25, -0.2) is 0 Å². The quantitative estimate of drug-likeness (QED) is 0.766. The summed E-state index contributed by atoms with van der Waals surface area (Å²) in [7, 11) is 0. The van der Waals surface area contributed by atoms with Gasteiger partial charge in [-0.1, -0.05) is 37.6 Å². The Morgan fingerprint density at radius 2 is 2.07 bits per heavy atom. The van der Waals surface area contributed by atoms with E-state index >= 15 is 0 Å². The molecule has 5 nitrogen and oxygen atoms in total. The van der Waals surface area contributed by atoms with Crippen molar-refractivity contribution >= 4 is 29.9 Å². The Labute approximate surface area is 172 Å². The smallest absolute Gasteiger partial charge is 0.248 e. The van der Waals surface area contributed by atoms with Crippen molar-refractivity contribution < 1.29 is 4.79 Å². The molecule has 0 saturated carbocycles. The van der Waals surface area contributed by atoms with Gasteiger partial charge in [-0.2, -0.15) is 5.10 Å². The second-order valence-corrected chi connectivity index (χ2v) is 8.32. The van der Waals surface area contributed by atoms with Crippen LogP contribution in [0.25, 0.3) is 0 Å². The highest BCUT2D eigenvalue weighted by molar-refractivity contribution is 6.30. The zero-order chi connectivity index (χ0) is 18.6. The topological polar surface area (TPSA) is 59.0 Å². The van der Waals surface area contributed by atoms with Crippen molar-refractivity contribution in [3.05, 3.63) is 53.3 Å². The van der Waals surface area contributed by atoms with Crippen molar-refractivity contribution in [2.24, 2.45) is 5.41 Å². The first-order valence-electron chi connectivity index (χ1n) is 9.15. The lowest BCUT2D eigenvalue weighted by atomic mass is 9.84. The van der Waals surface area contributed by atoms with E-state index in [0.717, 1.165) is 37.4 Å². The second kappa shape index (κ2) is 9.09. The molecule has 2 aromatic rings. The molecule has 0 spiro atoms. The average molecular weight is 411 g/mol. The lowest BCUT2D eigenvalue weighted by Crippen LogP contribution is -2.55. The molecular formula is C20H28Cl2N4O. The molecule has 3 rings (SSSR count). The van der Waals surface area contributed by atoms with E-state index in [2.05, 4.69) is 35.6 Å². The predicted octanol–water partition coefficient (Wildman–Crippen LogP) is 3.42. The van der Waals surface area contributed by atoms with Gasteiger partial charge in [-0.3, -0.25) is 9.48 Å². The summed E-state index contributed by atoms with van der Waals surface area (Å²) in [5.74, 6) is 0.0573. The number of rotatable bonds is 6. The van der Waals surface area contributed by atoms with E-state index in [1.165, 1.54) is 5.56 Å². The maximum atomic E-state index is 13.2. The van der Waals surface area contributed by atoms with Gasteiger partial charge in [-0.15, -0.1) is 12.4 Å². The molecular weight excluding hydrogens is 383 g/mol. The summed E-state index contributed by atoms with van der Waals surface area (Å²) in [6, 6.07) is 9.79. The van der Waals surface area contributed by atoms with E-state index in [9.17, 15) is 4.79 Å². The molecule has 2 N–H and O–H groups in total. The highest BCUT2D eigenvalue weighted by atomic mass is 35.5. The summed E-state index contributed by atoms with van der Waals surface area (Å²) < 4.78 is 1.83. The van der Waals surface area contributed by atoms with Crippen LogP contribution in [0.1, 0.15) is 32.3 Å². The Hall–Kier alpha value is -1.56. The van der Waals surface area contributed by atoms with E-state index in [0.29, 0.717) is 6.54 Å². The fourth-order valence-electron chi connectivity index (χ4n) is 3.67. The first-order chi connectivity index (χ1) is 12.4. The minimum absolute atomic E-state index is 0. The molecule has 1 amide bonds. The van der Waals surface area contributed by atoms with Crippen LogP contribution >= 0.6 is 24.0 Å². The number of halogens is 2. The van der Waals surface area contributed by atoms with E-state index in [1.807, 2.05) is 35.1 Å². The number of aromatic nitrogens is 2. The highest BCUT2D eigenvalue weighted by Gasteiger charge is 2.42. The molecule has 1 aromatic carbocycles. The van der Waals surface area contributed by atoms with E-state index in [1.54, 1.807) is 6.20 Å². The third kappa shape index (κ3) is 5.24. The maximum absolute atomic E-state index is 13.2. The SMILES string of the molecule is CC(C)(CNC(=O)C1(n2cccn2)CCNCC1)Cc1cccc(Cl)c1.Cl. The number of benzene rings is 1.